The highest BCUT2D eigenvalue weighted by Gasteiger charge is 2.09. The predicted molar refractivity (Wildman–Crippen MR) is 81.3 cm³/mol. The number of hydrogen-bond acceptors (Lipinski definition) is 2. The summed E-state index contributed by atoms with van der Waals surface area (Å²) in [6.45, 7) is 0.561. The normalized spacial score (nSPS) is 10.5. The van der Waals surface area contributed by atoms with Gasteiger partial charge in [0.1, 0.15) is 11.5 Å². The molecular formula is C15H14BrClO2. The molecule has 0 saturated heterocycles. The molecule has 0 unspecified atom stereocenters. The summed E-state index contributed by atoms with van der Waals surface area (Å²) in [5, 5.41) is 1.30. The molecule has 0 N–H and O–H groups in total. The van der Waals surface area contributed by atoms with Gasteiger partial charge >= 0.3 is 0 Å². The summed E-state index contributed by atoms with van der Waals surface area (Å²) < 4.78 is 11.0. The largest absolute Gasteiger partial charge is 0.455 e. The van der Waals surface area contributed by atoms with Gasteiger partial charge in [-0.25, -0.2) is 0 Å². The van der Waals surface area contributed by atoms with Gasteiger partial charge in [-0.2, -0.15) is 0 Å². The number of methoxy groups -OCH3 is 1. The van der Waals surface area contributed by atoms with E-state index in [1.54, 1.807) is 7.11 Å². The Labute approximate surface area is 126 Å². The lowest BCUT2D eigenvalue weighted by molar-refractivity contribution is 0.184. The third kappa shape index (κ3) is 3.72. The number of hydrogen-bond donors (Lipinski definition) is 0. The molecule has 0 aliphatic carbocycles. The molecule has 2 nitrogen and oxygen atoms in total. The van der Waals surface area contributed by atoms with Crippen LogP contribution in [0.4, 0.5) is 0 Å². The molecule has 0 aromatic heterocycles. The number of para-hydroxylation sites is 1. The first-order chi connectivity index (χ1) is 9.24. The van der Waals surface area contributed by atoms with Gasteiger partial charge < -0.3 is 9.47 Å². The molecule has 4 heteroatoms. The summed E-state index contributed by atoms with van der Waals surface area (Å²) in [6, 6.07) is 13.5. The van der Waals surface area contributed by atoms with Crippen LogP contribution in [0.3, 0.4) is 0 Å². The molecule has 0 aliphatic heterocycles. The highest BCUT2D eigenvalue weighted by atomic mass is 79.9. The fraction of sp³-hybridized carbons (Fsp3) is 0.200. The molecule has 0 heterocycles. The van der Waals surface area contributed by atoms with Gasteiger partial charge in [-0.1, -0.05) is 51.8 Å². The summed E-state index contributed by atoms with van der Waals surface area (Å²) in [5.74, 6) is 1.44. The van der Waals surface area contributed by atoms with Gasteiger partial charge in [0.15, 0.2) is 0 Å². The van der Waals surface area contributed by atoms with Gasteiger partial charge in [-0.05, 0) is 23.8 Å². The lowest BCUT2D eigenvalue weighted by atomic mass is 10.2. The van der Waals surface area contributed by atoms with Crippen LogP contribution < -0.4 is 4.74 Å². The summed E-state index contributed by atoms with van der Waals surface area (Å²) in [6.07, 6.45) is 0. The maximum atomic E-state index is 6.19. The first-order valence-corrected chi connectivity index (χ1v) is 7.33. The molecule has 0 bridgehead atoms. The second-order valence-electron chi connectivity index (χ2n) is 4.04. The van der Waals surface area contributed by atoms with E-state index in [4.69, 9.17) is 21.1 Å². The fourth-order valence-electron chi connectivity index (χ4n) is 1.76. The molecule has 0 aliphatic rings. The topological polar surface area (TPSA) is 18.5 Å². The first kappa shape index (κ1) is 14.4. The minimum Gasteiger partial charge on any atom is -0.455 e. The fourth-order valence-corrected chi connectivity index (χ4v) is 2.43. The Kier molecular flexibility index (Phi) is 5.25. The highest BCUT2D eigenvalue weighted by molar-refractivity contribution is 9.08. The van der Waals surface area contributed by atoms with E-state index in [1.165, 1.54) is 0 Å². The van der Waals surface area contributed by atoms with E-state index in [0.29, 0.717) is 22.7 Å². The summed E-state index contributed by atoms with van der Waals surface area (Å²) in [4.78, 5) is 0. The number of halogens is 2. The number of alkyl halides is 1. The molecule has 2 rings (SSSR count). The molecule has 2 aromatic carbocycles. The van der Waals surface area contributed by atoms with Crippen LogP contribution in [0.2, 0.25) is 5.02 Å². The Hall–Kier alpha value is -1.03. The molecule has 0 amide bonds. The van der Waals surface area contributed by atoms with Crippen molar-refractivity contribution in [1.82, 2.24) is 0 Å². The Morgan fingerprint density at radius 2 is 1.95 bits per heavy atom. The molecule has 0 saturated carbocycles. The van der Waals surface area contributed by atoms with Gasteiger partial charge in [0.25, 0.3) is 0 Å². The van der Waals surface area contributed by atoms with E-state index in [9.17, 15) is 0 Å². The summed E-state index contributed by atoms with van der Waals surface area (Å²) in [7, 11) is 1.67. The monoisotopic (exact) mass is 340 g/mol. The van der Waals surface area contributed by atoms with Crippen molar-refractivity contribution in [3.05, 3.63) is 58.6 Å². The second kappa shape index (κ2) is 6.94. The average Bonchev–Trinajstić information content (AvgIpc) is 2.42. The van der Waals surface area contributed by atoms with Crippen LogP contribution in [-0.4, -0.2) is 7.11 Å². The van der Waals surface area contributed by atoms with Crippen molar-refractivity contribution in [3.63, 3.8) is 0 Å². The Morgan fingerprint density at radius 1 is 1.16 bits per heavy atom. The average molecular weight is 342 g/mol. The zero-order chi connectivity index (χ0) is 13.7. The van der Waals surface area contributed by atoms with E-state index in [2.05, 4.69) is 15.9 Å². The zero-order valence-corrected chi connectivity index (χ0v) is 12.9. The van der Waals surface area contributed by atoms with Crippen molar-refractivity contribution in [1.29, 1.82) is 0 Å². The van der Waals surface area contributed by atoms with Crippen molar-refractivity contribution < 1.29 is 9.47 Å². The molecule has 19 heavy (non-hydrogen) atoms. The van der Waals surface area contributed by atoms with Crippen molar-refractivity contribution >= 4 is 27.5 Å². The molecule has 0 fully saturated rings. The van der Waals surface area contributed by atoms with Crippen molar-refractivity contribution in [2.75, 3.05) is 7.11 Å². The van der Waals surface area contributed by atoms with Crippen LogP contribution in [0, 0.1) is 0 Å². The summed E-state index contributed by atoms with van der Waals surface area (Å²) >= 11 is 9.63. The Morgan fingerprint density at radius 3 is 2.68 bits per heavy atom. The SMILES string of the molecule is COCc1cccc(Oc2c(Cl)cccc2CBr)c1. The first-order valence-electron chi connectivity index (χ1n) is 5.83. The van der Waals surface area contributed by atoms with Gasteiger partial charge in [0.05, 0.1) is 11.6 Å². The lowest BCUT2D eigenvalue weighted by Gasteiger charge is -2.12. The maximum Gasteiger partial charge on any atom is 0.150 e. The predicted octanol–water partition coefficient (Wildman–Crippen LogP) is 5.17. The van der Waals surface area contributed by atoms with Gasteiger partial charge in [-0.15, -0.1) is 0 Å². The molecular weight excluding hydrogens is 328 g/mol. The second-order valence-corrected chi connectivity index (χ2v) is 5.01. The minimum absolute atomic E-state index is 0.561. The molecule has 0 spiro atoms. The van der Waals surface area contributed by atoms with Crippen molar-refractivity contribution in [2.24, 2.45) is 0 Å². The highest BCUT2D eigenvalue weighted by Crippen LogP contribution is 2.34. The van der Waals surface area contributed by atoms with E-state index in [-0.39, 0.29) is 0 Å². The Balaban J connectivity index is 2.28. The zero-order valence-electron chi connectivity index (χ0n) is 10.5. The van der Waals surface area contributed by atoms with Gasteiger partial charge in [0.2, 0.25) is 0 Å². The number of benzene rings is 2. The van der Waals surface area contributed by atoms with Crippen molar-refractivity contribution in [2.45, 2.75) is 11.9 Å². The van der Waals surface area contributed by atoms with Crippen LogP contribution in [-0.2, 0) is 16.7 Å². The van der Waals surface area contributed by atoms with Crippen LogP contribution in [0.5, 0.6) is 11.5 Å². The van der Waals surface area contributed by atoms with E-state index in [0.717, 1.165) is 16.9 Å². The van der Waals surface area contributed by atoms with Crippen LogP contribution in [0.25, 0.3) is 0 Å². The van der Waals surface area contributed by atoms with Gasteiger partial charge in [-0.3, -0.25) is 0 Å². The third-order valence-corrected chi connectivity index (χ3v) is 3.52. The van der Waals surface area contributed by atoms with Crippen LogP contribution >= 0.6 is 27.5 Å². The quantitative estimate of drug-likeness (QED) is 0.698. The van der Waals surface area contributed by atoms with Gasteiger partial charge in [0, 0.05) is 18.0 Å². The maximum absolute atomic E-state index is 6.19. The van der Waals surface area contributed by atoms with Crippen molar-refractivity contribution in [3.8, 4) is 11.5 Å². The van der Waals surface area contributed by atoms with Crippen LogP contribution in [0.15, 0.2) is 42.5 Å². The lowest BCUT2D eigenvalue weighted by Crippen LogP contribution is -1.92. The minimum atomic E-state index is 0.561. The summed E-state index contributed by atoms with van der Waals surface area (Å²) in [5.41, 5.74) is 2.08. The van der Waals surface area contributed by atoms with E-state index < -0.39 is 0 Å². The molecule has 100 valence electrons. The molecule has 0 atom stereocenters. The Bertz CT molecular complexity index is 558. The number of ether oxygens (including phenoxy) is 2. The molecule has 2 aromatic rings. The smallest absolute Gasteiger partial charge is 0.150 e. The standard InChI is InChI=1S/C15H14BrClO2/c1-18-10-11-4-2-6-13(8-11)19-15-12(9-16)5-3-7-14(15)17/h2-8H,9-10H2,1H3. The number of rotatable bonds is 5. The van der Waals surface area contributed by atoms with E-state index >= 15 is 0 Å². The third-order valence-electron chi connectivity index (χ3n) is 2.62. The van der Waals surface area contributed by atoms with E-state index in [1.807, 2.05) is 42.5 Å². The van der Waals surface area contributed by atoms with Crippen LogP contribution in [0.1, 0.15) is 11.1 Å². The molecule has 0 radical (unpaired) electrons.